The van der Waals surface area contributed by atoms with Crippen LogP contribution in [0.1, 0.15) is 171 Å². The lowest BCUT2D eigenvalue weighted by Crippen LogP contribution is -2.46. The van der Waals surface area contributed by atoms with Gasteiger partial charge in [0, 0.05) is 56.2 Å². The molecule has 0 bridgehead atoms. The summed E-state index contributed by atoms with van der Waals surface area (Å²) in [7, 11) is 0. The number of aromatic nitrogens is 5. The van der Waals surface area contributed by atoms with Crippen LogP contribution in [-0.4, -0.2) is 130 Å². The van der Waals surface area contributed by atoms with Crippen LogP contribution in [0.5, 0.6) is 0 Å². The van der Waals surface area contributed by atoms with Crippen LogP contribution >= 0.6 is 0 Å². The van der Waals surface area contributed by atoms with E-state index in [9.17, 15) is 34.7 Å². The summed E-state index contributed by atoms with van der Waals surface area (Å²) in [5.74, 6) is -0.0000864. The monoisotopic (exact) mass is 1200 g/mol. The molecule has 3 aromatic heterocycles. The Balaban J connectivity index is 0.000000211. The maximum Gasteiger partial charge on any atom is 0.274 e. The van der Waals surface area contributed by atoms with Crippen molar-refractivity contribution in [3.63, 3.8) is 0 Å². The summed E-state index contributed by atoms with van der Waals surface area (Å²) in [6, 6.07) is 39.6. The number of hydrogen-bond acceptors (Lipinski definition) is 11. The van der Waals surface area contributed by atoms with E-state index in [2.05, 4.69) is 45.0 Å². The van der Waals surface area contributed by atoms with Gasteiger partial charge in [-0.25, -0.2) is 9.36 Å². The molecule has 0 aliphatic carbocycles. The third-order valence-electron chi connectivity index (χ3n) is 17.2. The molecule has 4 amide bonds. The molecular weight excluding hydrogens is 1120 g/mol. The average Bonchev–Trinajstić information content (AvgIpc) is 2.15. The molecule has 17 heteroatoms. The number of hydrogen-bond donors (Lipinski definition) is 2. The van der Waals surface area contributed by atoms with E-state index in [0.29, 0.717) is 97.3 Å². The lowest BCUT2D eigenvalue weighted by molar-refractivity contribution is 0.0539. The van der Waals surface area contributed by atoms with E-state index in [1.807, 2.05) is 128 Å². The van der Waals surface area contributed by atoms with Crippen LogP contribution < -0.4 is 0 Å². The number of unbranched alkanes of at least 4 members (excludes halogenated alkanes) is 4. The zero-order valence-corrected chi connectivity index (χ0v) is 52.8. The van der Waals surface area contributed by atoms with Crippen LogP contribution in [0.3, 0.4) is 0 Å². The Morgan fingerprint density at radius 1 is 0.562 bits per heavy atom. The molecule has 2 atom stereocenters. The van der Waals surface area contributed by atoms with Crippen molar-refractivity contribution in [2.24, 2.45) is 0 Å². The topological polar surface area (TPSA) is 207 Å². The Hall–Kier alpha value is -8.98. The van der Waals surface area contributed by atoms with E-state index in [4.69, 9.17) is 14.7 Å². The third kappa shape index (κ3) is 14.3. The Morgan fingerprint density at radius 3 is 1.39 bits per heavy atom. The van der Waals surface area contributed by atoms with Crippen molar-refractivity contribution in [2.75, 3.05) is 39.4 Å². The van der Waals surface area contributed by atoms with E-state index in [-0.39, 0.29) is 42.9 Å². The minimum absolute atomic E-state index is 0.0954. The molecule has 0 spiro atoms. The number of amides is 4. The molecule has 464 valence electrons. The number of aliphatic hydroxyl groups excluding tert-OH is 2. The fraction of sp³-hybridized carbons (Fsp3) is 0.389. The van der Waals surface area contributed by atoms with E-state index in [1.54, 1.807) is 43.4 Å². The molecule has 5 aromatic carbocycles. The SMILES string of the molecule is CCCCN(CCCC)C(=O)c1cc(C)n(-c2ccc(-c3c(C)noc3C)cc2C(=O)N2Cc3ccccc3C[C@H]2CO)n1.CCCCN(CCCC)C(=O)c1cc(C)n(-c2ccc(-c3ccccc3C#N)cc2C(=O)N2Cc3ccccc3C[C@H]2CO)n1. The van der Waals surface area contributed by atoms with Gasteiger partial charge in [0.2, 0.25) is 0 Å². The van der Waals surface area contributed by atoms with Crippen LogP contribution in [0, 0.1) is 39.0 Å². The predicted octanol–water partition coefficient (Wildman–Crippen LogP) is 12.4. The van der Waals surface area contributed by atoms with Gasteiger partial charge in [0.15, 0.2) is 11.4 Å². The molecule has 2 aliphatic rings. The van der Waals surface area contributed by atoms with Gasteiger partial charge in [-0.05, 0) is 148 Å². The Labute approximate surface area is 523 Å². The highest BCUT2D eigenvalue weighted by Crippen LogP contribution is 2.35. The van der Waals surface area contributed by atoms with Gasteiger partial charge < -0.3 is 34.3 Å². The van der Waals surface area contributed by atoms with Crippen molar-refractivity contribution in [1.82, 2.24) is 44.3 Å². The number of nitriles is 1. The maximum absolute atomic E-state index is 14.5. The van der Waals surface area contributed by atoms with Crippen LogP contribution in [-0.2, 0) is 25.9 Å². The number of fused-ring (bicyclic) bond motifs is 2. The Kier molecular flexibility index (Phi) is 21.6. The number of carbonyl (C=O) groups is 4. The fourth-order valence-corrected chi connectivity index (χ4v) is 12.1. The summed E-state index contributed by atoms with van der Waals surface area (Å²) in [5, 5.41) is 44.2. The third-order valence-corrected chi connectivity index (χ3v) is 17.2. The average molecular weight is 1200 g/mol. The maximum atomic E-state index is 14.5. The molecule has 0 fully saturated rings. The van der Waals surface area contributed by atoms with Gasteiger partial charge in [-0.2, -0.15) is 15.5 Å². The lowest BCUT2D eigenvalue weighted by atomic mass is 9.92. The first-order chi connectivity index (χ1) is 43.2. The minimum atomic E-state index is -0.392. The van der Waals surface area contributed by atoms with Gasteiger partial charge >= 0.3 is 0 Å². The molecule has 8 aromatic rings. The summed E-state index contributed by atoms with van der Waals surface area (Å²) in [4.78, 5) is 63.6. The molecule has 17 nitrogen and oxygen atoms in total. The summed E-state index contributed by atoms with van der Waals surface area (Å²) in [6.45, 7) is 19.1. The summed E-state index contributed by atoms with van der Waals surface area (Å²) < 4.78 is 8.81. The van der Waals surface area contributed by atoms with Crippen molar-refractivity contribution < 1.29 is 33.9 Å². The first-order valence-corrected chi connectivity index (χ1v) is 31.6. The second-order valence-corrected chi connectivity index (χ2v) is 23.5. The van der Waals surface area contributed by atoms with Gasteiger partial charge in [0.05, 0.1) is 65.1 Å². The fourth-order valence-electron chi connectivity index (χ4n) is 12.1. The summed E-state index contributed by atoms with van der Waals surface area (Å²) in [6.07, 6.45) is 8.82. The van der Waals surface area contributed by atoms with Gasteiger partial charge in [-0.15, -0.1) is 0 Å². The molecule has 0 saturated heterocycles. The van der Waals surface area contributed by atoms with Crippen molar-refractivity contribution in [3.05, 3.63) is 195 Å². The van der Waals surface area contributed by atoms with Crippen molar-refractivity contribution >= 4 is 23.6 Å². The zero-order chi connectivity index (χ0) is 63.3. The highest BCUT2D eigenvalue weighted by atomic mass is 16.5. The minimum Gasteiger partial charge on any atom is -0.394 e. The normalized spacial score (nSPS) is 14.3. The van der Waals surface area contributed by atoms with Crippen LogP contribution in [0.4, 0.5) is 0 Å². The summed E-state index contributed by atoms with van der Waals surface area (Å²) in [5.41, 5.74) is 12.8. The van der Waals surface area contributed by atoms with Crippen molar-refractivity contribution in [1.29, 1.82) is 5.26 Å². The van der Waals surface area contributed by atoms with Gasteiger partial charge in [0.1, 0.15) is 5.76 Å². The zero-order valence-electron chi connectivity index (χ0n) is 52.8. The molecule has 2 aliphatic heterocycles. The smallest absolute Gasteiger partial charge is 0.274 e. The quantitative estimate of drug-likeness (QED) is 0.0652. The molecular formula is C72H84N10O7. The summed E-state index contributed by atoms with van der Waals surface area (Å²) >= 11 is 0. The molecule has 0 saturated carbocycles. The first-order valence-electron chi connectivity index (χ1n) is 31.6. The second kappa shape index (κ2) is 29.8. The molecule has 0 radical (unpaired) electrons. The van der Waals surface area contributed by atoms with Gasteiger partial charge in [0.25, 0.3) is 23.6 Å². The van der Waals surface area contributed by atoms with E-state index < -0.39 is 6.04 Å². The predicted molar refractivity (Wildman–Crippen MR) is 345 cm³/mol. The Morgan fingerprint density at radius 2 is 0.978 bits per heavy atom. The second-order valence-electron chi connectivity index (χ2n) is 23.5. The number of rotatable bonds is 22. The standard InChI is InChI=1S/C37H41N5O3.C35H43N5O4/c1-4-6-18-40(19-7-5-2)37(45)34-20-26(3)42(39-34)35-17-16-28(32-15-11-10-13-29(32)23-38)22-33(35)36(44)41-24-30-14-9-8-12-27(30)21-31(41)25-43;1-6-8-16-38(17-9-7-2)35(43)31-18-23(3)40(36-31)32-15-14-27(33-24(4)37-44-25(33)5)20-30(32)34(42)39-21-28-13-11-10-12-26(28)19-29(39)22-41/h8-17,20,22,31,43H,4-7,18-19,21,24-25H2,1-3H3;10-15,18,20,29,41H,6-9,16-17,19,21-22H2,1-5H3/t31-;29-/m00/s1. The largest absolute Gasteiger partial charge is 0.394 e. The van der Waals surface area contributed by atoms with Gasteiger partial charge in [-0.3, -0.25) is 19.2 Å². The molecule has 89 heavy (non-hydrogen) atoms. The molecule has 2 N–H and O–H groups in total. The highest BCUT2D eigenvalue weighted by Gasteiger charge is 2.35. The van der Waals surface area contributed by atoms with Crippen LogP contribution in [0.25, 0.3) is 33.6 Å². The van der Waals surface area contributed by atoms with E-state index >= 15 is 0 Å². The molecule has 0 unspecified atom stereocenters. The van der Waals surface area contributed by atoms with Crippen molar-refractivity contribution in [2.45, 2.75) is 145 Å². The van der Waals surface area contributed by atoms with E-state index in [1.165, 1.54) is 0 Å². The molecule has 10 rings (SSSR count). The number of carbonyl (C=O) groups excluding carboxylic acids is 4. The van der Waals surface area contributed by atoms with Crippen LogP contribution in [0.2, 0.25) is 0 Å². The first kappa shape index (κ1) is 64.5. The van der Waals surface area contributed by atoms with E-state index in [0.717, 1.165) is 113 Å². The number of aliphatic hydroxyl groups is 2. The number of benzene rings is 5. The van der Waals surface area contributed by atoms with Crippen LogP contribution in [0.15, 0.2) is 126 Å². The van der Waals surface area contributed by atoms with Crippen molar-refractivity contribution in [3.8, 4) is 39.7 Å². The Bertz CT molecular complexity index is 3820. The number of aryl methyl sites for hydroxylation is 4. The number of nitrogens with zero attached hydrogens (tertiary/aromatic N) is 10. The van der Waals surface area contributed by atoms with Gasteiger partial charge in [-0.1, -0.05) is 137 Å². The lowest BCUT2D eigenvalue weighted by Gasteiger charge is -2.36. The molecule has 5 heterocycles. The highest BCUT2D eigenvalue weighted by molar-refractivity contribution is 6.01.